The van der Waals surface area contributed by atoms with E-state index in [1.54, 1.807) is 12.1 Å². The Morgan fingerprint density at radius 2 is 2.15 bits per heavy atom. The minimum Gasteiger partial charge on any atom is -0.366 e. The van der Waals surface area contributed by atoms with E-state index in [-0.39, 0.29) is 24.4 Å². The molecule has 2 fully saturated rings. The number of morpholine rings is 1. The zero-order valence-corrected chi connectivity index (χ0v) is 11.3. The van der Waals surface area contributed by atoms with Crippen LogP contribution < -0.4 is 5.32 Å². The number of carbonyl (C=O) groups is 1. The summed E-state index contributed by atoms with van der Waals surface area (Å²) in [5.74, 6) is 0.243. The van der Waals surface area contributed by atoms with Crippen molar-refractivity contribution in [2.45, 2.75) is 19.1 Å². The summed E-state index contributed by atoms with van der Waals surface area (Å²) in [7, 11) is 0. The molecule has 1 amide bonds. The van der Waals surface area contributed by atoms with E-state index in [4.69, 9.17) is 4.74 Å². The van der Waals surface area contributed by atoms with Crippen LogP contribution in [-0.2, 0) is 16.1 Å². The summed E-state index contributed by atoms with van der Waals surface area (Å²) < 4.78 is 18.6. The molecule has 2 aliphatic rings. The molecule has 20 heavy (non-hydrogen) atoms. The zero-order valence-electron chi connectivity index (χ0n) is 11.3. The zero-order chi connectivity index (χ0) is 13.9. The van der Waals surface area contributed by atoms with Crippen LogP contribution in [0.1, 0.15) is 12.0 Å². The van der Waals surface area contributed by atoms with Crippen molar-refractivity contribution in [3.05, 3.63) is 35.6 Å². The Bertz CT molecular complexity index is 471. The Balaban J connectivity index is 1.64. The molecule has 0 aromatic heterocycles. The third-order valence-corrected chi connectivity index (χ3v) is 4.08. The third kappa shape index (κ3) is 2.99. The maximum atomic E-state index is 12.9. The average molecular weight is 278 g/mol. The maximum Gasteiger partial charge on any atom is 0.248 e. The Morgan fingerprint density at radius 1 is 1.35 bits per heavy atom. The quantitative estimate of drug-likeness (QED) is 0.902. The van der Waals surface area contributed by atoms with Gasteiger partial charge in [0.25, 0.3) is 0 Å². The molecule has 0 bridgehead atoms. The Morgan fingerprint density at radius 3 is 2.85 bits per heavy atom. The van der Waals surface area contributed by atoms with Crippen molar-refractivity contribution in [1.29, 1.82) is 0 Å². The predicted molar refractivity (Wildman–Crippen MR) is 72.5 cm³/mol. The average Bonchev–Trinajstić information content (AvgIpc) is 2.98. The summed E-state index contributed by atoms with van der Waals surface area (Å²) in [5, 5.41) is 3.33. The number of carbonyl (C=O) groups excluding carboxylic acids is 1. The Kier molecular flexibility index (Phi) is 3.98. The van der Waals surface area contributed by atoms with Crippen molar-refractivity contribution in [3.63, 3.8) is 0 Å². The molecule has 2 atom stereocenters. The third-order valence-electron chi connectivity index (χ3n) is 4.08. The Labute approximate surface area is 117 Å². The van der Waals surface area contributed by atoms with Crippen molar-refractivity contribution < 1.29 is 13.9 Å². The molecule has 2 saturated heterocycles. The molecule has 1 aromatic rings. The van der Waals surface area contributed by atoms with Gasteiger partial charge in [0, 0.05) is 25.6 Å². The maximum absolute atomic E-state index is 12.9. The lowest BCUT2D eigenvalue weighted by Crippen LogP contribution is -2.49. The van der Waals surface area contributed by atoms with Gasteiger partial charge in [0.15, 0.2) is 0 Å². The fraction of sp³-hybridized carbons (Fsp3) is 0.533. The molecule has 0 saturated carbocycles. The van der Waals surface area contributed by atoms with E-state index in [1.165, 1.54) is 12.1 Å². The smallest absolute Gasteiger partial charge is 0.248 e. The molecule has 0 aliphatic carbocycles. The highest BCUT2D eigenvalue weighted by molar-refractivity contribution is 5.78. The predicted octanol–water partition coefficient (Wildman–Crippen LogP) is 1.16. The van der Waals surface area contributed by atoms with Crippen molar-refractivity contribution in [1.82, 2.24) is 10.2 Å². The number of amides is 1. The second kappa shape index (κ2) is 5.89. The van der Waals surface area contributed by atoms with Crippen LogP contribution in [0.5, 0.6) is 0 Å². The molecule has 5 heteroatoms. The van der Waals surface area contributed by atoms with Crippen LogP contribution in [0.15, 0.2) is 24.3 Å². The van der Waals surface area contributed by atoms with Crippen LogP contribution in [0.25, 0.3) is 0 Å². The summed E-state index contributed by atoms with van der Waals surface area (Å²) in [6, 6.07) is 6.31. The van der Waals surface area contributed by atoms with E-state index in [9.17, 15) is 9.18 Å². The number of hydrogen-bond donors (Lipinski definition) is 1. The van der Waals surface area contributed by atoms with Crippen LogP contribution in [0.4, 0.5) is 4.39 Å². The monoisotopic (exact) mass is 278 g/mol. The lowest BCUT2D eigenvalue weighted by Gasteiger charge is -2.35. The van der Waals surface area contributed by atoms with E-state index in [0.717, 1.165) is 25.1 Å². The van der Waals surface area contributed by atoms with Gasteiger partial charge < -0.3 is 15.0 Å². The van der Waals surface area contributed by atoms with Gasteiger partial charge in [-0.05, 0) is 30.7 Å². The normalized spacial score (nSPS) is 27.1. The molecule has 2 heterocycles. The summed E-state index contributed by atoms with van der Waals surface area (Å²) in [5.41, 5.74) is 0.949. The van der Waals surface area contributed by atoms with Crippen molar-refractivity contribution >= 4 is 5.91 Å². The van der Waals surface area contributed by atoms with Crippen molar-refractivity contribution in [2.24, 2.45) is 5.92 Å². The Hall–Kier alpha value is -1.46. The van der Waals surface area contributed by atoms with E-state index >= 15 is 0 Å². The van der Waals surface area contributed by atoms with E-state index < -0.39 is 0 Å². The van der Waals surface area contributed by atoms with Crippen LogP contribution in [0.2, 0.25) is 0 Å². The van der Waals surface area contributed by atoms with E-state index in [2.05, 4.69) is 5.32 Å². The summed E-state index contributed by atoms with van der Waals surface area (Å²) in [6.45, 7) is 3.30. The number of benzene rings is 1. The van der Waals surface area contributed by atoms with Crippen LogP contribution in [-0.4, -0.2) is 43.2 Å². The number of nitrogens with zero attached hydrogens (tertiary/aromatic N) is 1. The number of ether oxygens (including phenoxy) is 1. The fourth-order valence-electron chi connectivity index (χ4n) is 2.88. The SMILES string of the molecule is O=C1COC(C2CCNC2)CN1Cc1ccc(F)cc1. The van der Waals surface area contributed by atoms with Gasteiger partial charge in [-0.1, -0.05) is 12.1 Å². The number of nitrogens with one attached hydrogen (secondary N) is 1. The van der Waals surface area contributed by atoms with Crippen LogP contribution in [0.3, 0.4) is 0 Å². The lowest BCUT2D eigenvalue weighted by atomic mass is 9.99. The van der Waals surface area contributed by atoms with Crippen molar-refractivity contribution in [2.75, 3.05) is 26.2 Å². The molecule has 0 radical (unpaired) electrons. The number of hydrogen-bond acceptors (Lipinski definition) is 3. The first-order valence-electron chi connectivity index (χ1n) is 7.07. The molecular formula is C15H19FN2O2. The topological polar surface area (TPSA) is 41.6 Å². The van der Waals surface area contributed by atoms with Gasteiger partial charge in [-0.25, -0.2) is 4.39 Å². The van der Waals surface area contributed by atoms with Gasteiger partial charge in [-0.15, -0.1) is 0 Å². The largest absolute Gasteiger partial charge is 0.366 e. The summed E-state index contributed by atoms with van der Waals surface area (Å²) in [6.07, 6.45) is 1.21. The first-order chi connectivity index (χ1) is 9.72. The molecule has 1 aromatic carbocycles. The molecule has 108 valence electrons. The first-order valence-corrected chi connectivity index (χ1v) is 7.07. The second-order valence-corrected chi connectivity index (χ2v) is 5.50. The molecular weight excluding hydrogens is 259 g/mol. The van der Waals surface area contributed by atoms with Gasteiger partial charge in [0.05, 0.1) is 6.10 Å². The molecule has 2 unspecified atom stereocenters. The standard InChI is InChI=1S/C15H19FN2O2/c16-13-3-1-11(2-4-13)8-18-9-14(20-10-15(18)19)12-5-6-17-7-12/h1-4,12,14,17H,5-10H2. The number of rotatable bonds is 3. The molecule has 1 N–H and O–H groups in total. The van der Waals surface area contributed by atoms with E-state index in [0.29, 0.717) is 19.0 Å². The van der Waals surface area contributed by atoms with E-state index in [1.807, 2.05) is 4.90 Å². The molecule has 3 rings (SSSR count). The molecule has 4 nitrogen and oxygen atoms in total. The second-order valence-electron chi connectivity index (χ2n) is 5.50. The minimum absolute atomic E-state index is 0.0107. The fourth-order valence-corrected chi connectivity index (χ4v) is 2.88. The first kappa shape index (κ1) is 13.5. The van der Waals surface area contributed by atoms with Gasteiger partial charge in [0.1, 0.15) is 12.4 Å². The molecule has 0 spiro atoms. The van der Waals surface area contributed by atoms with Crippen LogP contribution >= 0.6 is 0 Å². The van der Waals surface area contributed by atoms with Gasteiger partial charge in [-0.3, -0.25) is 4.79 Å². The number of halogens is 1. The summed E-state index contributed by atoms with van der Waals surface area (Å²) in [4.78, 5) is 13.8. The van der Waals surface area contributed by atoms with Gasteiger partial charge >= 0.3 is 0 Å². The molecule has 2 aliphatic heterocycles. The van der Waals surface area contributed by atoms with Gasteiger partial charge in [-0.2, -0.15) is 0 Å². The van der Waals surface area contributed by atoms with Crippen molar-refractivity contribution in [3.8, 4) is 0 Å². The highest BCUT2D eigenvalue weighted by Crippen LogP contribution is 2.21. The highest BCUT2D eigenvalue weighted by Gasteiger charge is 2.33. The minimum atomic E-state index is -0.253. The summed E-state index contributed by atoms with van der Waals surface area (Å²) >= 11 is 0. The van der Waals surface area contributed by atoms with Crippen LogP contribution in [0, 0.1) is 11.7 Å². The lowest BCUT2D eigenvalue weighted by molar-refractivity contribution is -0.152. The highest BCUT2D eigenvalue weighted by atomic mass is 19.1. The van der Waals surface area contributed by atoms with Gasteiger partial charge in [0.2, 0.25) is 5.91 Å².